The van der Waals surface area contributed by atoms with Crippen LogP contribution in [0.25, 0.3) is 0 Å². The number of nitro benzene ring substituents is 1. The molecular weight excluding hydrogens is 428 g/mol. The van der Waals surface area contributed by atoms with E-state index in [2.05, 4.69) is 15.5 Å². The molecule has 1 amide bonds. The molecule has 162 valence electrons. The Hall–Kier alpha value is -3.80. The Morgan fingerprint density at radius 2 is 1.87 bits per heavy atom. The van der Waals surface area contributed by atoms with Crippen molar-refractivity contribution in [1.29, 1.82) is 0 Å². The van der Waals surface area contributed by atoms with Crippen LogP contribution < -0.4 is 19.5 Å². The van der Waals surface area contributed by atoms with E-state index in [-0.39, 0.29) is 34.8 Å². The van der Waals surface area contributed by atoms with Crippen molar-refractivity contribution in [3.63, 3.8) is 0 Å². The number of benzene rings is 2. The standard InChI is InChI=1S/C19H18N4O7S/c1-27-12-4-3-5-14(8-12)29-10-18-21-22-19(30-18)31-11-17(24)20-15-7-6-13(28-2)9-16(15)23(25)26/h3-9H,10-11H2,1-2H3,(H,20,24). The summed E-state index contributed by atoms with van der Waals surface area (Å²) in [7, 11) is 2.96. The average Bonchev–Trinajstić information content (AvgIpc) is 3.24. The number of amides is 1. The van der Waals surface area contributed by atoms with Crippen LogP contribution in [-0.2, 0) is 11.4 Å². The van der Waals surface area contributed by atoms with E-state index in [1.54, 1.807) is 31.4 Å². The molecule has 0 radical (unpaired) electrons. The van der Waals surface area contributed by atoms with Crippen molar-refractivity contribution in [2.75, 3.05) is 25.3 Å². The summed E-state index contributed by atoms with van der Waals surface area (Å²) in [6.45, 7) is 0.0466. The SMILES string of the molecule is COc1cccc(OCc2nnc(SCC(=O)Nc3ccc(OC)cc3[N+](=O)[O-])o2)c1. The van der Waals surface area contributed by atoms with E-state index in [4.69, 9.17) is 18.6 Å². The number of nitrogens with zero attached hydrogens (tertiary/aromatic N) is 3. The van der Waals surface area contributed by atoms with Crippen molar-refractivity contribution in [2.24, 2.45) is 0 Å². The highest BCUT2D eigenvalue weighted by molar-refractivity contribution is 7.99. The van der Waals surface area contributed by atoms with Crippen molar-refractivity contribution in [2.45, 2.75) is 11.8 Å². The summed E-state index contributed by atoms with van der Waals surface area (Å²) in [5, 5.41) is 21.6. The van der Waals surface area contributed by atoms with E-state index in [9.17, 15) is 14.9 Å². The molecule has 0 fully saturated rings. The minimum absolute atomic E-state index is 0.0466. The summed E-state index contributed by atoms with van der Waals surface area (Å²) >= 11 is 0.996. The van der Waals surface area contributed by atoms with Crippen LogP contribution in [0.15, 0.2) is 52.1 Å². The van der Waals surface area contributed by atoms with Gasteiger partial charge in [0.25, 0.3) is 16.8 Å². The van der Waals surface area contributed by atoms with Gasteiger partial charge in [-0.1, -0.05) is 17.8 Å². The molecule has 1 N–H and O–H groups in total. The zero-order valence-electron chi connectivity index (χ0n) is 16.6. The molecule has 12 heteroatoms. The number of hydrogen-bond donors (Lipinski definition) is 1. The van der Waals surface area contributed by atoms with Crippen molar-refractivity contribution in [1.82, 2.24) is 10.2 Å². The molecule has 3 aromatic rings. The first-order chi connectivity index (χ1) is 15.0. The third kappa shape index (κ3) is 6.09. The normalized spacial score (nSPS) is 10.4. The molecular formula is C19H18N4O7S. The van der Waals surface area contributed by atoms with Gasteiger partial charge in [0.1, 0.15) is 22.9 Å². The number of carbonyl (C=O) groups is 1. The number of aromatic nitrogens is 2. The van der Waals surface area contributed by atoms with E-state index < -0.39 is 10.8 Å². The van der Waals surface area contributed by atoms with Gasteiger partial charge in [0.15, 0.2) is 6.61 Å². The van der Waals surface area contributed by atoms with Crippen LogP contribution in [0.5, 0.6) is 17.2 Å². The summed E-state index contributed by atoms with van der Waals surface area (Å²) in [6, 6.07) is 11.2. The molecule has 0 spiro atoms. The molecule has 0 bridgehead atoms. The first-order valence-electron chi connectivity index (χ1n) is 8.83. The maximum atomic E-state index is 12.2. The maximum absolute atomic E-state index is 12.2. The molecule has 0 aliphatic rings. The van der Waals surface area contributed by atoms with E-state index in [0.717, 1.165) is 11.8 Å². The average molecular weight is 446 g/mol. The molecule has 1 aromatic heterocycles. The second-order valence-electron chi connectivity index (χ2n) is 5.91. The van der Waals surface area contributed by atoms with Crippen LogP contribution >= 0.6 is 11.8 Å². The van der Waals surface area contributed by atoms with Crippen LogP contribution in [0.3, 0.4) is 0 Å². The number of hydrogen-bond acceptors (Lipinski definition) is 10. The Bertz CT molecular complexity index is 1070. The Morgan fingerprint density at radius 1 is 1.13 bits per heavy atom. The molecule has 0 aliphatic heterocycles. The van der Waals surface area contributed by atoms with Crippen molar-refractivity contribution in [3.8, 4) is 17.2 Å². The monoisotopic (exact) mass is 446 g/mol. The van der Waals surface area contributed by atoms with Gasteiger partial charge in [0, 0.05) is 6.07 Å². The maximum Gasteiger partial charge on any atom is 0.296 e. The third-order valence-corrected chi connectivity index (χ3v) is 4.67. The van der Waals surface area contributed by atoms with Crippen molar-refractivity contribution in [3.05, 3.63) is 58.5 Å². The molecule has 3 rings (SSSR count). The van der Waals surface area contributed by atoms with Crippen LogP contribution in [0.1, 0.15) is 5.89 Å². The van der Waals surface area contributed by atoms with Gasteiger partial charge < -0.3 is 23.9 Å². The molecule has 0 aliphatic carbocycles. The lowest BCUT2D eigenvalue weighted by atomic mass is 10.2. The topological polar surface area (TPSA) is 139 Å². The Morgan fingerprint density at radius 3 is 2.61 bits per heavy atom. The van der Waals surface area contributed by atoms with Crippen LogP contribution in [0, 0.1) is 10.1 Å². The third-order valence-electron chi connectivity index (χ3n) is 3.85. The molecule has 0 atom stereocenters. The number of methoxy groups -OCH3 is 2. The van der Waals surface area contributed by atoms with Gasteiger partial charge in [-0.2, -0.15) is 0 Å². The molecule has 0 unspecified atom stereocenters. The van der Waals surface area contributed by atoms with Crippen molar-refractivity contribution < 1.29 is 28.3 Å². The van der Waals surface area contributed by atoms with Gasteiger partial charge in [-0.15, -0.1) is 10.2 Å². The lowest BCUT2D eigenvalue weighted by Gasteiger charge is -2.06. The van der Waals surface area contributed by atoms with E-state index in [0.29, 0.717) is 17.2 Å². The molecule has 0 saturated heterocycles. The number of thioether (sulfide) groups is 1. The molecule has 11 nitrogen and oxygen atoms in total. The highest BCUT2D eigenvalue weighted by Gasteiger charge is 2.18. The lowest BCUT2D eigenvalue weighted by molar-refractivity contribution is -0.384. The van der Waals surface area contributed by atoms with E-state index >= 15 is 0 Å². The summed E-state index contributed by atoms with van der Waals surface area (Å²) in [5.74, 6) is 1.23. The van der Waals surface area contributed by atoms with Crippen LogP contribution in [0.2, 0.25) is 0 Å². The Kier molecular flexibility index (Phi) is 7.27. The van der Waals surface area contributed by atoms with Gasteiger partial charge in [-0.25, -0.2) is 0 Å². The van der Waals surface area contributed by atoms with Gasteiger partial charge in [0.05, 0.1) is 31.0 Å². The van der Waals surface area contributed by atoms with Gasteiger partial charge in [-0.3, -0.25) is 14.9 Å². The summed E-state index contributed by atoms with van der Waals surface area (Å²) in [6.07, 6.45) is 0. The quantitative estimate of drug-likeness (QED) is 0.280. The lowest BCUT2D eigenvalue weighted by Crippen LogP contribution is -2.15. The minimum atomic E-state index is -0.599. The zero-order chi connectivity index (χ0) is 22.2. The molecule has 1 heterocycles. The van der Waals surface area contributed by atoms with Crippen LogP contribution in [0.4, 0.5) is 11.4 Å². The summed E-state index contributed by atoms with van der Waals surface area (Å²) in [4.78, 5) is 22.8. The fourth-order valence-electron chi connectivity index (χ4n) is 2.40. The summed E-state index contributed by atoms with van der Waals surface area (Å²) in [5.41, 5.74) is -0.207. The Balaban J connectivity index is 1.52. The second-order valence-corrected chi connectivity index (χ2v) is 6.83. The predicted molar refractivity (Wildman–Crippen MR) is 111 cm³/mol. The molecule has 0 saturated carbocycles. The highest BCUT2D eigenvalue weighted by Crippen LogP contribution is 2.29. The van der Waals surface area contributed by atoms with Gasteiger partial charge in [0.2, 0.25) is 5.91 Å². The highest BCUT2D eigenvalue weighted by atomic mass is 32.2. The zero-order valence-corrected chi connectivity index (χ0v) is 17.4. The number of rotatable bonds is 10. The number of carbonyl (C=O) groups excluding carboxylic acids is 1. The predicted octanol–water partition coefficient (Wildman–Crippen LogP) is 3.30. The number of anilines is 1. The summed E-state index contributed by atoms with van der Waals surface area (Å²) < 4.78 is 21.1. The Labute approximate surface area is 180 Å². The fourth-order valence-corrected chi connectivity index (χ4v) is 2.98. The first-order valence-corrected chi connectivity index (χ1v) is 9.81. The molecule has 31 heavy (non-hydrogen) atoms. The van der Waals surface area contributed by atoms with Crippen LogP contribution in [-0.4, -0.2) is 41.0 Å². The number of ether oxygens (including phenoxy) is 3. The van der Waals surface area contributed by atoms with Crippen molar-refractivity contribution >= 4 is 29.0 Å². The first kappa shape index (κ1) is 21.9. The second kappa shape index (κ2) is 10.3. The largest absolute Gasteiger partial charge is 0.497 e. The van der Waals surface area contributed by atoms with E-state index in [1.165, 1.54) is 25.3 Å². The van der Waals surface area contributed by atoms with Gasteiger partial charge >= 0.3 is 0 Å². The minimum Gasteiger partial charge on any atom is -0.497 e. The molecule has 2 aromatic carbocycles. The number of nitro groups is 1. The smallest absolute Gasteiger partial charge is 0.296 e. The number of nitrogens with one attached hydrogen (secondary N) is 1. The fraction of sp³-hybridized carbons (Fsp3) is 0.211. The van der Waals surface area contributed by atoms with Gasteiger partial charge in [-0.05, 0) is 24.3 Å². The van der Waals surface area contributed by atoms with E-state index in [1.807, 2.05) is 0 Å².